The molecule has 3 rings (SSSR count). The number of amides is 2. The van der Waals surface area contributed by atoms with E-state index in [0.29, 0.717) is 11.3 Å². The number of carbonyl (C=O) groups is 2. The topological polar surface area (TPSA) is 92.6 Å². The van der Waals surface area contributed by atoms with E-state index >= 15 is 0 Å². The zero-order valence-corrected chi connectivity index (χ0v) is 17.0. The predicted octanol–water partition coefficient (Wildman–Crippen LogP) is 2.55. The van der Waals surface area contributed by atoms with Crippen molar-refractivity contribution in [2.24, 2.45) is 0 Å². The van der Waals surface area contributed by atoms with Crippen LogP contribution in [-0.4, -0.2) is 41.7 Å². The van der Waals surface area contributed by atoms with Crippen LogP contribution in [0.2, 0.25) is 0 Å². The Morgan fingerprint density at radius 2 is 1.87 bits per heavy atom. The zero-order chi connectivity index (χ0) is 21.5. The minimum atomic E-state index is -0.473. The summed E-state index contributed by atoms with van der Waals surface area (Å²) in [6.45, 7) is 2.71. The van der Waals surface area contributed by atoms with E-state index in [0.717, 1.165) is 23.0 Å². The number of aliphatic hydroxyl groups excluding tert-OH is 1. The first-order chi connectivity index (χ1) is 14.6. The molecule has 30 heavy (non-hydrogen) atoms. The molecule has 2 aromatic carbocycles. The number of hydrogen-bond donors (Lipinski definition) is 3. The molecule has 1 aromatic heterocycles. The SMILES string of the molecule is CCn1cc(/C=C(\NC(=O)c2ccc(OC)cc2)C(=O)NCCO)c2ccccc21. The van der Waals surface area contributed by atoms with Crippen LogP contribution in [0.25, 0.3) is 17.0 Å². The molecule has 0 fully saturated rings. The molecule has 1 heterocycles. The van der Waals surface area contributed by atoms with Gasteiger partial charge in [0.1, 0.15) is 11.4 Å². The third kappa shape index (κ3) is 4.69. The molecular weight excluding hydrogens is 382 g/mol. The minimum absolute atomic E-state index is 0.0886. The van der Waals surface area contributed by atoms with Crippen molar-refractivity contribution in [2.45, 2.75) is 13.5 Å². The monoisotopic (exact) mass is 407 g/mol. The minimum Gasteiger partial charge on any atom is -0.497 e. The van der Waals surface area contributed by atoms with Crippen LogP contribution >= 0.6 is 0 Å². The van der Waals surface area contributed by atoms with Crippen molar-refractivity contribution in [3.63, 3.8) is 0 Å². The molecule has 7 nitrogen and oxygen atoms in total. The Morgan fingerprint density at radius 3 is 2.53 bits per heavy atom. The average Bonchev–Trinajstić information content (AvgIpc) is 3.14. The van der Waals surface area contributed by atoms with Crippen LogP contribution in [0.3, 0.4) is 0 Å². The second kappa shape index (κ2) is 9.76. The number of nitrogens with zero attached hydrogens (tertiary/aromatic N) is 1. The first-order valence-corrected chi connectivity index (χ1v) is 9.71. The number of aromatic nitrogens is 1. The molecule has 2 amide bonds. The smallest absolute Gasteiger partial charge is 0.267 e. The Bertz CT molecular complexity index is 1070. The number of para-hydroxylation sites is 1. The molecule has 156 valence electrons. The number of fused-ring (bicyclic) bond motifs is 1. The van der Waals surface area contributed by atoms with Crippen LogP contribution in [0, 0.1) is 0 Å². The fourth-order valence-electron chi connectivity index (χ4n) is 3.17. The Balaban J connectivity index is 1.96. The quantitative estimate of drug-likeness (QED) is 0.501. The molecule has 0 saturated carbocycles. The molecule has 0 aliphatic heterocycles. The van der Waals surface area contributed by atoms with Gasteiger partial charge in [0.15, 0.2) is 0 Å². The summed E-state index contributed by atoms with van der Waals surface area (Å²) in [5, 5.41) is 15.3. The van der Waals surface area contributed by atoms with Gasteiger partial charge in [0.2, 0.25) is 0 Å². The Hall–Kier alpha value is -3.58. The Labute approximate surface area is 175 Å². The number of rotatable bonds is 8. The lowest BCUT2D eigenvalue weighted by Gasteiger charge is -2.11. The second-order valence-corrected chi connectivity index (χ2v) is 6.61. The normalized spacial score (nSPS) is 11.4. The van der Waals surface area contributed by atoms with Gasteiger partial charge in [-0.3, -0.25) is 9.59 Å². The van der Waals surface area contributed by atoms with E-state index in [1.165, 1.54) is 0 Å². The van der Waals surface area contributed by atoms with Crippen LogP contribution < -0.4 is 15.4 Å². The van der Waals surface area contributed by atoms with Crippen LogP contribution in [0.15, 0.2) is 60.4 Å². The first kappa shape index (κ1) is 21.1. The fourth-order valence-corrected chi connectivity index (χ4v) is 3.17. The average molecular weight is 407 g/mol. The van der Waals surface area contributed by atoms with Crippen molar-refractivity contribution in [1.29, 1.82) is 0 Å². The highest BCUT2D eigenvalue weighted by molar-refractivity contribution is 6.06. The van der Waals surface area contributed by atoms with Gasteiger partial charge >= 0.3 is 0 Å². The number of ether oxygens (including phenoxy) is 1. The third-order valence-corrected chi connectivity index (χ3v) is 4.70. The fraction of sp³-hybridized carbons (Fsp3) is 0.217. The number of carbonyl (C=O) groups excluding carboxylic acids is 2. The third-order valence-electron chi connectivity index (χ3n) is 4.70. The van der Waals surface area contributed by atoms with Gasteiger partial charge in [-0.1, -0.05) is 18.2 Å². The number of aryl methyl sites for hydroxylation is 1. The number of aliphatic hydroxyl groups is 1. The van der Waals surface area contributed by atoms with Crippen molar-refractivity contribution in [2.75, 3.05) is 20.3 Å². The van der Waals surface area contributed by atoms with Gasteiger partial charge in [-0.25, -0.2) is 0 Å². The van der Waals surface area contributed by atoms with Crippen molar-refractivity contribution in [1.82, 2.24) is 15.2 Å². The second-order valence-electron chi connectivity index (χ2n) is 6.61. The van der Waals surface area contributed by atoms with Crippen LogP contribution in [0.4, 0.5) is 0 Å². The van der Waals surface area contributed by atoms with Crippen LogP contribution in [0.1, 0.15) is 22.8 Å². The number of nitrogens with one attached hydrogen (secondary N) is 2. The molecule has 0 atom stereocenters. The molecule has 0 aliphatic carbocycles. The van der Waals surface area contributed by atoms with Crippen molar-refractivity contribution in [3.05, 3.63) is 71.6 Å². The molecule has 0 saturated heterocycles. The van der Waals surface area contributed by atoms with E-state index in [1.807, 2.05) is 37.4 Å². The summed E-state index contributed by atoms with van der Waals surface area (Å²) in [7, 11) is 1.55. The molecule has 7 heteroatoms. The van der Waals surface area contributed by atoms with E-state index in [-0.39, 0.29) is 18.8 Å². The van der Waals surface area contributed by atoms with E-state index in [9.17, 15) is 9.59 Å². The summed E-state index contributed by atoms with van der Waals surface area (Å²) in [5.74, 6) is -0.253. The molecule has 0 aliphatic rings. The molecule has 0 bridgehead atoms. The van der Waals surface area contributed by atoms with Gasteiger partial charge in [-0.2, -0.15) is 0 Å². The van der Waals surface area contributed by atoms with Gasteiger partial charge in [-0.05, 0) is 43.3 Å². The standard InChI is InChI=1S/C23H25N3O4/c1-3-26-15-17(19-6-4-5-7-21(19)26)14-20(23(29)24-12-13-27)25-22(28)16-8-10-18(30-2)11-9-16/h4-11,14-15,27H,3,12-13H2,1-2H3,(H,24,29)(H,25,28)/b20-14-. The van der Waals surface area contributed by atoms with Gasteiger partial charge < -0.3 is 25.0 Å². The maximum atomic E-state index is 12.7. The van der Waals surface area contributed by atoms with Crippen molar-refractivity contribution < 1.29 is 19.4 Å². The predicted molar refractivity (Wildman–Crippen MR) is 116 cm³/mol. The molecule has 0 radical (unpaired) electrons. The highest BCUT2D eigenvalue weighted by atomic mass is 16.5. The van der Waals surface area contributed by atoms with E-state index < -0.39 is 11.8 Å². The number of methoxy groups -OCH3 is 1. The summed E-state index contributed by atoms with van der Waals surface area (Å²) in [5.41, 5.74) is 2.36. The van der Waals surface area contributed by atoms with E-state index in [1.54, 1.807) is 37.5 Å². The molecule has 0 spiro atoms. The molecular formula is C23H25N3O4. The van der Waals surface area contributed by atoms with Gasteiger partial charge in [0.25, 0.3) is 11.8 Å². The Kier molecular flexibility index (Phi) is 6.87. The highest BCUT2D eigenvalue weighted by Gasteiger charge is 2.16. The molecule has 3 aromatic rings. The Morgan fingerprint density at radius 1 is 1.13 bits per heavy atom. The van der Waals surface area contributed by atoms with Gasteiger partial charge in [0, 0.05) is 41.3 Å². The first-order valence-electron chi connectivity index (χ1n) is 9.71. The van der Waals surface area contributed by atoms with E-state index in [4.69, 9.17) is 9.84 Å². The summed E-state index contributed by atoms with van der Waals surface area (Å²) >= 11 is 0. The lowest BCUT2D eigenvalue weighted by atomic mass is 10.1. The maximum Gasteiger partial charge on any atom is 0.267 e. The number of benzene rings is 2. The lowest BCUT2D eigenvalue weighted by molar-refractivity contribution is -0.117. The summed E-state index contributed by atoms with van der Waals surface area (Å²) in [4.78, 5) is 25.4. The summed E-state index contributed by atoms with van der Waals surface area (Å²) < 4.78 is 7.19. The van der Waals surface area contributed by atoms with Crippen molar-refractivity contribution >= 4 is 28.8 Å². The van der Waals surface area contributed by atoms with Gasteiger partial charge in [0.05, 0.1) is 13.7 Å². The number of hydrogen-bond acceptors (Lipinski definition) is 4. The van der Waals surface area contributed by atoms with Gasteiger partial charge in [-0.15, -0.1) is 0 Å². The lowest BCUT2D eigenvalue weighted by Crippen LogP contribution is -2.36. The molecule has 3 N–H and O–H groups in total. The van der Waals surface area contributed by atoms with E-state index in [2.05, 4.69) is 15.2 Å². The summed E-state index contributed by atoms with van der Waals surface area (Å²) in [6, 6.07) is 14.5. The summed E-state index contributed by atoms with van der Waals surface area (Å²) in [6.07, 6.45) is 3.60. The zero-order valence-electron chi connectivity index (χ0n) is 17.0. The van der Waals surface area contributed by atoms with Crippen LogP contribution in [-0.2, 0) is 11.3 Å². The highest BCUT2D eigenvalue weighted by Crippen LogP contribution is 2.23. The van der Waals surface area contributed by atoms with Crippen molar-refractivity contribution in [3.8, 4) is 5.75 Å². The molecule has 0 unspecified atom stereocenters. The van der Waals surface area contributed by atoms with Crippen LogP contribution in [0.5, 0.6) is 5.75 Å². The largest absolute Gasteiger partial charge is 0.497 e. The maximum absolute atomic E-state index is 12.7.